The molecule has 2 nitrogen and oxygen atoms in total. The van der Waals surface area contributed by atoms with Crippen LogP contribution in [0.15, 0.2) is 103 Å². The van der Waals surface area contributed by atoms with Crippen molar-refractivity contribution >= 4 is 0 Å². The fourth-order valence-corrected chi connectivity index (χ4v) is 6.17. The summed E-state index contributed by atoms with van der Waals surface area (Å²) in [6.45, 7) is 6.83. The molecule has 0 radical (unpaired) electrons. The zero-order chi connectivity index (χ0) is 25.7. The second kappa shape index (κ2) is 8.57. The third kappa shape index (κ3) is 3.51. The molecule has 1 aromatic heterocycles. The van der Waals surface area contributed by atoms with Gasteiger partial charge in [-0.05, 0) is 69.6 Å². The number of nitrogens with zero attached hydrogens (tertiary/aromatic N) is 2. The van der Waals surface area contributed by atoms with Crippen molar-refractivity contribution in [3.05, 3.63) is 126 Å². The largest absolute Gasteiger partial charge is 0.212 e. The summed E-state index contributed by atoms with van der Waals surface area (Å²) in [5.74, 6) is 0. The lowest BCUT2D eigenvalue weighted by Gasteiger charge is -2.27. The van der Waals surface area contributed by atoms with Crippen LogP contribution in [0.4, 0.5) is 0 Å². The smallest absolute Gasteiger partial charge is 0.201 e. The Morgan fingerprint density at radius 1 is 0.676 bits per heavy atom. The summed E-state index contributed by atoms with van der Waals surface area (Å²) in [6, 6.07) is 36.6. The number of benzene rings is 4. The molecule has 0 spiro atoms. The second-order valence-electron chi connectivity index (χ2n) is 10.5. The minimum atomic E-state index is -0.292. The molecule has 6 rings (SSSR count). The fourth-order valence-electron chi connectivity index (χ4n) is 6.17. The van der Waals surface area contributed by atoms with Gasteiger partial charge >= 0.3 is 0 Å². The van der Waals surface area contributed by atoms with Gasteiger partial charge in [0.05, 0.1) is 17.2 Å². The van der Waals surface area contributed by atoms with Crippen LogP contribution in [0.25, 0.3) is 44.6 Å². The molecule has 4 aromatic carbocycles. The molecule has 5 aromatic rings. The van der Waals surface area contributed by atoms with Gasteiger partial charge in [-0.15, -0.1) is 0 Å². The Labute approximate surface area is 219 Å². The Balaban J connectivity index is 1.64. The van der Waals surface area contributed by atoms with E-state index in [0.29, 0.717) is 5.56 Å². The van der Waals surface area contributed by atoms with E-state index in [1.807, 2.05) is 12.1 Å². The summed E-state index contributed by atoms with van der Waals surface area (Å²) < 4.78 is 2.20. The number of aromatic nitrogens is 1. The Morgan fingerprint density at radius 2 is 1.32 bits per heavy atom. The minimum Gasteiger partial charge on any atom is -0.201 e. The molecule has 0 saturated carbocycles. The number of nitriles is 1. The molecule has 1 aliphatic carbocycles. The normalized spacial score (nSPS) is 13.1. The minimum absolute atomic E-state index is 0.292. The first-order chi connectivity index (χ1) is 17.9. The number of pyridine rings is 1. The Hall–Kier alpha value is -4.48. The standard InChI is InChI=1S/C35H29N2/c1-23-16-18-28-29-19-17-27(22-36)32(26-14-10-13-25(21-26)24-11-6-5-7-12-24)34(29)35(2,3)33(28)31(23)30-15-8-9-20-37(30)4/h5-21H,1-4H3/q+1. The van der Waals surface area contributed by atoms with E-state index in [9.17, 15) is 5.26 Å². The SMILES string of the molecule is Cc1ccc2c(c1-c1cccc[n+]1C)C(C)(C)c1c-2ccc(C#N)c1-c1cccc(-c2ccccc2)c1. The third-order valence-corrected chi connectivity index (χ3v) is 7.85. The molecule has 0 aliphatic heterocycles. The van der Waals surface area contributed by atoms with Crippen molar-refractivity contribution in [1.29, 1.82) is 5.26 Å². The first kappa shape index (κ1) is 23.0. The van der Waals surface area contributed by atoms with Crippen LogP contribution in [0.3, 0.4) is 0 Å². The zero-order valence-electron chi connectivity index (χ0n) is 21.7. The van der Waals surface area contributed by atoms with Crippen LogP contribution in [0.5, 0.6) is 0 Å². The van der Waals surface area contributed by atoms with Crippen molar-refractivity contribution in [3.8, 4) is 50.7 Å². The molecular weight excluding hydrogens is 448 g/mol. The number of hydrogen-bond donors (Lipinski definition) is 0. The number of rotatable bonds is 3. The molecule has 0 amide bonds. The summed E-state index contributed by atoms with van der Waals surface area (Å²) >= 11 is 0. The predicted molar refractivity (Wildman–Crippen MR) is 151 cm³/mol. The molecule has 0 bridgehead atoms. The highest BCUT2D eigenvalue weighted by Gasteiger charge is 2.42. The van der Waals surface area contributed by atoms with Gasteiger partial charge in [0.2, 0.25) is 5.69 Å². The average molecular weight is 478 g/mol. The maximum absolute atomic E-state index is 10.2. The van der Waals surface area contributed by atoms with Crippen molar-refractivity contribution in [2.45, 2.75) is 26.2 Å². The Morgan fingerprint density at radius 3 is 2.05 bits per heavy atom. The van der Waals surface area contributed by atoms with Crippen molar-refractivity contribution in [3.63, 3.8) is 0 Å². The predicted octanol–water partition coefficient (Wildman–Crippen LogP) is 8.00. The first-order valence-electron chi connectivity index (χ1n) is 12.7. The topological polar surface area (TPSA) is 27.7 Å². The quantitative estimate of drug-likeness (QED) is 0.242. The van der Waals surface area contributed by atoms with Crippen LogP contribution in [0.2, 0.25) is 0 Å². The molecule has 0 fully saturated rings. The molecular formula is C35H29N2+. The summed E-state index contributed by atoms with van der Waals surface area (Å²) in [4.78, 5) is 0. The zero-order valence-corrected chi connectivity index (χ0v) is 21.7. The average Bonchev–Trinajstić information content (AvgIpc) is 3.16. The lowest BCUT2D eigenvalue weighted by atomic mass is 9.75. The van der Waals surface area contributed by atoms with E-state index in [0.717, 1.165) is 16.7 Å². The highest BCUT2D eigenvalue weighted by Crippen LogP contribution is 2.56. The maximum atomic E-state index is 10.2. The molecule has 2 heteroatoms. The third-order valence-electron chi connectivity index (χ3n) is 7.85. The van der Waals surface area contributed by atoms with Crippen LogP contribution < -0.4 is 4.57 Å². The molecule has 1 aliphatic rings. The van der Waals surface area contributed by atoms with Gasteiger partial charge in [-0.25, -0.2) is 4.57 Å². The summed E-state index contributed by atoms with van der Waals surface area (Å²) in [5, 5.41) is 10.2. The molecule has 0 atom stereocenters. The summed E-state index contributed by atoms with van der Waals surface area (Å²) in [7, 11) is 2.11. The van der Waals surface area contributed by atoms with Crippen molar-refractivity contribution < 1.29 is 4.57 Å². The number of hydrogen-bond acceptors (Lipinski definition) is 1. The lowest BCUT2D eigenvalue weighted by Crippen LogP contribution is -2.31. The van der Waals surface area contributed by atoms with Crippen LogP contribution >= 0.6 is 0 Å². The molecule has 0 N–H and O–H groups in total. The van der Waals surface area contributed by atoms with Gasteiger partial charge in [0.1, 0.15) is 7.05 Å². The maximum Gasteiger partial charge on any atom is 0.212 e. The van der Waals surface area contributed by atoms with Crippen molar-refractivity contribution in [2.75, 3.05) is 0 Å². The molecule has 37 heavy (non-hydrogen) atoms. The van der Waals surface area contributed by atoms with Crippen LogP contribution in [-0.4, -0.2) is 0 Å². The van der Waals surface area contributed by atoms with Crippen molar-refractivity contribution in [1.82, 2.24) is 0 Å². The van der Waals surface area contributed by atoms with Gasteiger partial charge in [-0.1, -0.05) is 80.6 Å². The lowest BCUT2D eigenvalue weighted by molar-refractivity contribution is -0.660. The van der Waals surface area contributed by atoms with Crippen LogP contribution in [0, 0.1) is 18.3 Å². The summed E-state index contributed by atoms with van der Waals surface area (Å²) in [5.41, 5.74) is 13.7. The van der Waals surface area contributed by atoms with E-state index >= 15 is 0 Å². The highest BCUT2D eigenvalue weighted by atomic mass is 14.9. The van der Waals surface area contributed by atoms with E-state index in [-0.39, 0.29) is 5.41 Å². The highest BCUT2D eigenvalue weighted by molar-refractivity contribution is 5.95. The van der Waals surface area contributed by atoms with Crippen LogP contribution in [-0.2, 0) is 12.5 Å². The van der Waals surface area contributed by atoms with Gasteiger partial charge < -0.3 is 0 Å². The van der Waals surface area contributed by atoms with Gasteiger partial charge in [0.15, 0.2) is 6.20 Å². The Bertz CT molecular complexity index is 1720. The number of fused-ring (bicyclic) bond motifs is 3. The van der Waals surface area contributed by atoms with E-state index in [1.54, 1.807) is 0 Å². The van der Waals surface area contributed by atoms with E-state index in [2.05, 4.69) is 130 Å². The molecule has 1 heterocycles. The summed E-state index contributed by atoms with van der Waals surface area (Å²) in [6.07, 6.45) is 2.11. The Kier molecular flexibility index (Phi) is 5.32. The van der Waals surface area contributed by atoms with E-state index < -0.39 is 0 Å². The van der Waals surface area contributed by atoms with Gasteiger partial charge in [-0.2, -0.15) is 5.26 Å². The fraction of sp³-hybridized carbons (Fsp3) is 0.143. The van der Waals surface area contributed by atoms with E-state index in [4.69, 9.17) is 0 Å². The molecule has 178 valence electrons. The van der Waals surface area contributed by atoms with Crippen molar-refractivity contribution in [2.24, 2.45) is 7.05 Å². The van der Waals surface area contributed by atoms with Gasteiger partial charge in [-0.3, -0.25) is 0 Å². The van der Waals surface area contributed by atoms with Gasteiger partial charge in [0, 0.05) is 23.1 Å². The van der Waals surface area contributed by atoms with Crippen LogP contribution in [0.1, 0.15) is 36.1 Å². The second-order valence-corrected chi connectivity index (χ2v) is 10.5. The number of aryl methyl sites for hydroxylation is 2. The first-order valence-corrected chi connectivity index (χ1v) is 12.7. The van der Waals surface area contributed by atoms with Gasteiger partial charge in [0.25, 0.3) is 0 Å². The molecule has 0 saturated heterocycles. The van der Waals surface area contributed by atoms with E-state index in [1.165, 1.54) is 44.6 Å². The molecule has 0 unspecified atom stereocenters. The monoisotopic (exact) mass is 477 g/mol.